The third-order valence-corrected chi connectivity index (χ3v) is 3.83. The van der Waals surface area contributed by atoms with Crippen LogP contribution in [0.1, 0.15) is 16.3 Å². The Morgan fingerprint density at radius 1 is 1.12 bits per heavy atom. The molecule has 0 aliphatic rings. The van der Waals surface area contributed by atoms with Gasteiger partial charge in [0.1, 0.15) is 23.6 Å². The Morgan fingerprint density at radius 3 is 2.80 bits per heavy atom. The highest BCUT2D eigenvalue weighted by Crippen LogP contribution is 2.16. The Morgan fingerprint density at radius 2 is 1.96 bits per heavy atom. The first-order valence-corrected chi connectivity index (χ1v) is 7.54. The number of esters is 1. The van der Waals surface area contributed by atoms with Crippen molar-refractivity contribution in [2.24, 2.45) is 0 Å². The van der Waals surface area contributed by atoms with Crippen molar-refractivity contribution in [2.75, 3.05) is 0 Å². The summed E-state index contributed by atoms with van der Waals surface area (Å²) in [6, 6.07) is 13.0. The first-order valence-electron chi connectivity index (χ1n) is 7.54. The number of para-hydroxylation sites is 1. The maximum absolute atomic E-state index is 13.6. The number of fused-ring (bicyclic) bond motifs is 2. The van der Waals surface area contributed by atoms with Gasteiger partial charge >= 0.3 is 5.97 Å². The molecule has 0 saturated carbocycles. The molecule has 2 aromatic heterocycles. The maximum atomic E-state index is 13.6. The van der Waals surface area contributed by atoms with Gasteiger partial charge in [0.2, 0.25) is 0 Å². The molecule has 0 bridgehead atoms. The zero-order valence-electron chi connectivity index (χ0n) is 12.9. The third-order valence-electron chi connectivity index (χ3n) is 3.83. The minimum atomic E-state index is -0.691. The van der Waals surface area contributed by atoms with Gasteiger partial charge in [-0.1, -0.05) is 24.3 Å². The van der Waals surface area contributed by atoms with Gasteiger partial charge in [0, 0.05) is 5.39 Å². The van der Waals surface area contributed by atoms with Crippen LogP contribution in [0.4, 0.5) is 4.39 Å². The molecule has 0 radical (unpaired) electrons. The molecule has 4 aromatic rings. The molecule has 2 heterocycles. The number of imidazole rings is 1. The van der Waals surface area contributed by atoms with Crippen molar-refractivity contribution in [3.8, 4) is 0 Å². The number of hydrogen-bond acceptors (Lipinski definition) is 4. The number of carbonyl (C=O) groups excluding carboxylic acids is 1. The summed E-state index contributed by atoms with van der Waals surface area (Å²) in [4.78, 5) is 33.6. The van der Waals surface area contributed by atoms with Crippen LogP contribution in [0.3, 0.4) is 0 Å². The lowest BCUT2D eigenvalue weighted by Crippen LogP contribution is -2.15. The Bertz CT molecular complexity index is 1160. The van der Waals surface area contributed by atoms with Gasteiger partial charge in [-0.15, -0.1) is 0 Å². The second kappa shape index (κ2) is 5.86. The number of nitrogens with zero attached hydrogens (tertiary/aromatic N) is 1. The molecule has 2 N–H and O–H groups in total. The topological polar surface area (TPSA) is 87.8 Å². The maximum Gasteiger partial charge on any atom is 0.355 e. The monoisotopic (exact) mass is 337 g/mol. The summed E-state index contributed by atoms with van der Waals surface area (Å²) >= 11 is 0. The molecule has 0 unspecified atom stereocenters. The number of hydrogen-bond donors (Lipinski definition) is 2. The summed E-state index contributed by atoms with van der Waals surface area (Å²) < 4.78 is 18.8. The van der Waals surface area contributed by atoms with E-state index in [1.165, 1.54) is 6.07 Å². The Hall–Kier alpha value is -3.48. The summed E-state index contributed by atoms with van der Waals surface area (Å²) in [5.41, 5.74) is 0.389. The number of halogens is 1. The summed E-state index contributed by atoms with van der Waals surface area (Å²) in [6.07, 6.45) is 0. The van der Waals surface area contributed by atoms with Crippen LogP contribution in [0.25, 0.3) is 21.8 Å². The molecule has 0 aliphatic heterocycles. The predicted octanol–water partition coefficient (Wildman–Crippen LogP) is 2.90. The van der Waals surface area contributed by atoms with Crippen LogP contribution in [0.5, 0.6) is 0 Å². The smallest absolute Gasteiger partial charge is 0.355 e. The number of rotatable bonds is 3. The van der Waals surface area contributed by atoms with Gasteiger partial charge in [0.15, 0.2) is 5.82 Å². The highest BCUT2D eigenvalue weighted by molar-refractivity contribution is 5.92. The lowest BCUT2D eigenvalue weighted by molar-refractivity contribution is 0.0456. The number of nitrogens with one attached hydrogen (secondary N) is 2. The predicted molar refractivity (Wildman–Crippen MR) is 89.7 cm³/mol. The number of H-pyrrole nitrogens is 2. The number of benzene rings is 2. The first-order chi connectivity index (χ1) is 12.1. The summed E-state index contributed by atoms with van der Waals surface area (Å²) in [5.74, 6) is -0.828. The number of aromatic amines is 2. The summed E-state index contributed by atoms with van der Waals surface area (Å²) in [6.45, 7) is -0.165. The van der Waals surface area contributed by atoms with Crippen molar-refractivity contribution in [1.29, 1.82) is 0 Å². The third kappa shape index (κ3) is 2.76. The van der Waals surface area contributed by atoms with Crippen molar-refractivity contribution in [3.63, 3.8) is 0 Å². The van der Waals surface area contributed by atoms with Crippen LogP contribution in [-0.2, 0) is 11.3 Å². The van der Waals surface area contributed by atoms with Crippen molar-refractivity contribution in [1.82, 2.24) is 15.0 Å². The van der Waals surface area contributed by atoms with E-state index >= 15 is 0 Å². The van der Waals surface area contributed by atoms with E-state index in [4.69, 9.17) is 4.74 Å². The number of aromatic nitrogens is 3. The lowest BCUT2D eigenvalue weighted by Gasteiger charge is -2.04. The average molecular weight is 337 g/mol. The molecular formula is C18H12FN3O3. The SMILES string of the molecule is O=C(OCc1nc2c(F)cccc2[nH]1)c1cc2ccccc2c(=O)[nH]1. The van der Waals surface area contributed by atoms with E-state index < -0.39 is 11.8 Å². The molecule has 4 rings (SSSR count). The average Bonchev–Trinajstić information content (AvgIpc) is 3.04. The van der Waals surface area contributed by atoms with Crippen molar-refractivity contribution in [3.05, 3.63) is 76.2 Å². The number of ether oxygens (including phenoxy) is 1. The lowest BCUT2D eigenvalue weighted by atomic mass is 10.1. The van der Waals surface area contributed by atoms with Gasteiger partial charge < -0.3 is 14.7 Å². The van der Waals surface area contributed by atoms with Gasteiger partial charge in [0.25, 0.3) is 5.56 Å². The second-order valence-electron chi connectivity index (χ2n) is 5.50. The second-order valence-corrected chi connectivity index (χ2v) is 5.50. The minimum Gasteiger partial charge on any atom is -0.453 e. The molecule has 0 aliphatic carbocycles. The van der Waals surface area contributed by atoms with Crippen LogP contribution in [0, 0.1) is 5.82 Å². The van der Waals surface area contributed by atoms with Gasteiger partial charge in [0.05, 0.1) is 5.52 Å². The van der Waals surface area contributed by atoms with Gasteiger partial charge in [-0.2, -0.15) is 0 Å². The number of pyridine rings is 1. The molecule has 124 valence electrons. The van der Waals surface area contributed by atoms with E-state index in [0.29, 0.717) is 22.1 Å². The molecule has 0 spiro atoms. The van der Waals surface area contributed by atoms with E-state index in [1.807, 2.05) is 0 Å². The normalized spacial score (nSPS) is 11.1. The van der Waals surface area contributed by atoms with Crippen LogP contribution >= 0.6 is 0 Å². The molecule has 2 aromatic carbocycles. The zero-order valence-corrected chi connectivity index (χ0v) is 12.9. The van der Waals surface area contributed by atoms with E-state index in [9.17, 15) is 14.0 Å². The molecule has 25 heavy (non-hydrogen) atoms. The summed E-state index contributed by atoms with van der Waals surface area (Å²) in [7, 11) is 0. The molecule has 0 atom stereocenters. The standard InChI is InChI=1S/C18H12FN3O3/c19-12-6-3-7-13-16(12)22-15(20-13)9-25-18(24)14-8-10-4-1-2-5-11(10)17(23)21-14/h1-8H,9H2,(H,20,22)(H,21,23). The van der Waals surface area contributed by atoms with E-state index in [0.717, 1.165) is 0 Å². The fourth-order valence-electron chi connectivity index (χ4n) is 2.65. The molecule has 6 nitrogen and oxygen atoms in total. The van der Waals surface area contributed by atoms with Crippen molar-refractivity contribution >= 4 is 27.8 Å². The van der Waals surface area contributed by atoms with Crippen molar-refractivity contribution in [2.45, 2.75) is 6.61 Å². The van der Waals surface area contributed by atoms with Crippen molar-refractivity contribution < 1.29 is 13.9 Å². The Balaban J connectivity index is 1.57. The highest BCUT2D eigenvalue weighted by Gasteiger charge is 2.13. The van der Waals surface area contributed by atoms with Gasteiger partial charge in [-0.3, -0.25) is 4.79 Å². The Kier molecular flexibility index (Phi) is 3.53. The molecule has 0 fully saturated rings. The Labute approximate surface area is 140 Å². The van der Waals surface area contributed by atoms with Crippen LogP contribution in [-0.4, -0.2) is 20.9 Å². The van der Waals surface area contributed by atoms with Gasteiger partial charge in [-0.05, 0) is 29.7 Å². The van der Waals surface area contributed by atoms with E-state index in [-0.39, 0.29) is 23.4 Å². The van der Waals surface area contributed by atoms with E-state index in [1.54, 1.807) is 42.5 Å². The zero-order chi connectivity index (χ0) is 17.4. The number of carbonyl (C=O) groups is 1. The van der Waals surface area contributed by atoms with Crippen LogP contribution in [0.2, 0.25) is 0 Å². The van der Waals surface area contributed by atoms with Gasteiger partial charge in [-0.25, -0.2) is 14.2 Å². The fourth-order valence-corrected chi connectivity index (χ4v) is 2.65. The molecule has 0 saturated heterocycles. The quantitative estimate of drug-likeness (QED) is 0.563. The van der Waals surface area contributed by atoms with Crippen LogP contribution < -0.4 is 5.56 Å². The highest BCUT2D eigenvalue weighted by atomic mass is 19.1. The molecular weight excluding hydrogens is 325 g/mol. The molecule has 0 amide bonds. The van der Waals surface area contributed by atoms with E-state index in [2.05, 4.69) is 15.0 Å². The van der Waals surface area contributed by atoms with Crippen LogP contribution in [0.15, 0.2) is 53.3 Å². The largest absolute Gasteiger partial charge is 0.453 e. The summed E-state index contributed by atoms with van der Waals surface area (Å²) in [5, 5.41) is 1.14. The molecule has 7 heteroatoms. The minimum absolute atomic E-state index is 0.0472. The first kappa shape index (κ1) is 15.1. The fraction of sp³-hybridized carbons (Fsp3) is 0.0556.